The lowest BCUT2D eigenvalue weighted by molar-refractivity contribution is 0.590. The number of nitrogens with two attached hydrogens (primary N) is 1. The van der Waals surface area contributed by atoms with E-state index in [9.17, 15) is 0 Å². The van der Waals surface area contributed by atoms with Crippen LogP contribution >= 0.6 is 23.1 Å². The first-order valence-corrected chi connectivity index (χ1v) is 7.69. The summed E-state index contributed by atoms with van der Waals surface area (Å²) in [5.41, 5.74) is 7.20. The molecule has 0 aliphatic carbocycles. The molecule has 18 heavy (non-hydrogen) atoms. The summed E-state index contributed by atoms with van der Waals surface area (Å²) in [5, 5.41) is 0.647. The van der Waals surface area contributed by atoms with Crippen LogP contribution in [0.4, 0.5) is 5.13 Å². The fourth-order valence-electron chi connectivity index (χ4n) is 1.59. The first-order chi connectivity index (χ1) is 8.45. The number of hydrogen-bond acceptors (Lipinski definition) is 4. The number of hydrogen-bond donors (Lipinski definition) is 1. The Labute approximate surface area is 117 Å². The molecule has 4 heteroatoms. The van der Waals surface area contributed by atoms with E-state index in [0.717, 1.165) is 5.75 Å². The van der Waals surface area contributed by atoms with E-state index in [1.54, 1.807) is 11.3 Å². The minimum Gasteiger partial charge on any atom is -0.375 e. The first-order valence-electron chi connectivity index (χ1n) is 5.89. The van der Waals surface area contributed by atoms with Crippen LogP contribution in [0.15, 0.2) is 35.4 Å². The number of rotatable bonds is 3. The molecule has 0 atom stereocenters. The Morgan fingerprint density at radius 2 is 1.89 bits per heavy atom. The molecule has 96 valence electrons. The van der Waals surface area contributed by atoms with Crippen LogP contribution in [-0.4, -0.2) is 4.98 Å². The predicted octanol–water partition coefficient (Wildman–Crippen LogP) is 4.32. The van der Waals surface area contributed by atoms with E-state index in [1.807, 2.05) is 18.0 Å². The second-order valence-corrected chi connectivity index (χ2v) is 7.42. The third kappa shape index (κ3) is 3.50. The third-order valence-electron chi connectivity index (χ3n) is 2.67. The normalized spacial score (nSPS) is 11.7. The van der Waals surface area contributed by atoms with Gasteiger partial charge in [0.25, 0.3) is 0 Å². The van der Waals surface area contributed by atoms with Crippen molar-refractivity contribution in [2.45, 2.75) is 36.8 Å². The zero-order valence-corrected chi connectivity index (χ0v) is 12.6. The molecule has 2 aromatic rings. The van der Waals surface area contributed by atoms with Gasteiger partial charge in [0.15, 0.2) is 5.13 Å². The van der Waals surface area contributed by atoms with Crippen LogP contribution in [0.1, 0.15) is 31.2 Å². The van der Waals surface area contributed by atoms with Crippen LogP contribution < -0.4 is 5.73 Å². The molecule has 0 aliphatic rings. The van der Waals surface area contributed by atoms with Gasteiger partial charge in [0.05, 0.1) is 0 Å². The van der Waals surface area contributed by atoms with Crippen LogP contribution in [0.25, 0.3) is 0 Å². The zero-order valence-electron chi connectivity index (χ0n) is 10.9. The standard InChI is InChI=1S/C14H18N2S2/c1-14(2,3)10-4-6-11(7-5-10)17-9-12-8-16-13(15)18-12/h4-8H,9H2,1-3H3,(H2,15,16). The SMILES string of the molecule is CC(C)(C)c1ccc(SCc2cnc(N)s2)cc1. The van der Waals surface area contributed by atoms with Crippen molar-refractivity contribution in [2.75, 3.05) is 5.73 Å². The minimum atomic E-state index is 0.218. The lowest BCUT2D eigenvalue weighted by atomic mass is 9.87. The first kappa shape index (κ1) is 13.4. The van der Waals surface area contributed by atoms with Crippen molar-refractivity contribution in [2.24, 2.45) is 0 Å². The van der Waals surface area contributed by atoms with E-state index in [2.05, 4.69) is 50.0 Å². The Hall–Kier alpha value is -1.00. The van der Waals surface area contributed by atoms with Crippen LogP contribution in [0.3, 0.4) is 0 Å². The third-order valence-corrected chi connectivity index (χ3v) is 4.74. The zero-order chi connectivity index (χ0) is 13.2. The maximum Gasteiger partial charge on any atom is 0.180 e. The summed E-state index contributed by atoms with van der Waals surface area (Å²) >= 11 is 3.38. The van der Waals surface area contributed by atoms with E-state index < -0.39 is 0 Å². The summed E-state index contributed by atoms with van der Waals surface area (Å²) < 4.78 is 0. The Morgan fingerprint density at radius 3 is 2.39 bits per heavy atom. The molecule has 1 heterocycles. The van der Waals surface area contributed by atoms with Crippen molar-refractivity contribution in [3.05, 3.63) is 40.9 Å². The molecule has 2 rings (SSSR count). The second-order valence-electron chi connectivity index (χ2n) is 5.23. The molecule has 2 nitrogen and oxygen atoms in total. The van der Waals surface area contributed by atoms with Crippen molar-refractivity contribution < 1.29 is 0 Å². The van der Waals surface area contributed by atoms with Crippen molar-refractivity contribution in [3.8, 4) is 0 Å². The van der Waals surface area contributed by atoms with Gasteiger partial charge in [0, 0.05) is 21.7 Å². The molecule has 0 spiro atoms. The van der Waals surface area contributed by atoms with Gasteiger partial charge in [-0.25, -0.2) is 4.98 Å². The second kappa shape index (κ2) is 5.33. The van der Waals surface area contributed by atoms with Crippen LogP contribution in [0, 0.1) is 0 Å². The number of anilines is 1. The average molecular weight is 278 g/mol. The van der Waals surface area contributed by atoms with Crippen LogP contribution in [0.5, 0.6) is 0 Å². The summed E-state index contributed by atoms with van der Waals surface area (Å²) in [6, 6.07) is 8.80. The van der Waals surface area contributed by atoms with Gasteiger partial charge in [0.2, 0.25) is 0 Å². The number of thiazole rings is 1. The highest BCUT2D eigenvalue weighted by molar-refractivity contribution is 7.98. The van der Waals surface area contributed by atoms with Gasteiger partial charge in [0.1, 0.15) is 0 Å². The van der Waals surface area contributed by atoms with Crippen LogP contribution in [0.2, 0.25) is 0 Å². The fourth-order valence-corrected chi connectivity index (χ4v) is 3.20. The molecule has 0 unspecified atom stereocenters. The fraction of sp³-hybridized carbons (Fsp3) is 0.357. The number of thioether (sulfide) groups is 1. The summed E-state index contributed by atoms with van der Waals surface area (Å²) in [6.45, 7) is 6.69. The van der Waals surface area contributed by atoms with Gasteiger partial charge < -0.3 is 5.73 Å². The Bertz CT molecular complexity index is 509. The summed E-state index contributed by atoms with van der Waals surface area (Å²) in [5.74, 6) is 0.934. The van der Waals surface area contributed by atoms with E-state index in [0.29, 0.717) is 5.13 Å². The number of aromatic nitrogens is 1. The van der Waals surface area contributed by atoms with Gasteiger partial charge in [-0.15, -0.1) is 23.1 Å². The quantitative estimate of drug-likeness (QED) is 0.850. The maximum atomic E-state index is 5.61. The largest absolute Gasteiger partial charge is 0.375 e. The lowest BCUT2D eigenvalue weighted by Gasteiger charge is -2.18. The molecule has 0 aliphatic heterocycles. The Balaban J connectivity index is 1.98. The average Bonchev–Trinajstić information content (AvgIpc) is 2.72. The molecule has 0 radical (unpaired) electrons. The molecule has 0 saturated carbocycles. The predicted molar refractivity (Wildman–Crippen MR) is 81.2 cm³/mol. The number of benzene rings is 1. The number of nitrogen functional groups attached to an aromatic ring is 1. The van der Waals surface area contributed by atoms with Crippen LogP contribution in [-0.2, 0) is 11.2 Å². The van der Waals surface area contributed by atoms with E-state index in [1.165, 1.54) is 15.3 Å². The monoisotopic (exact) mass is 278 g/mol. The highest BCUT2D eigenvalue weighted by Gasteiger charge is 2.12. The highest BCUT2D eigenvalue weighted by atomic mass is 32.2. The molecule has 0 bridgehead atoms. The van der Waals surface area contributed by atoms with Gasteiger partial charge >= 0.3 is 0 Å². The van der Waals surface area contributed by atoms with Gasteiger partial charge in [-0.05, 0) is 23.1 Å². The Kier molecular flexibility index (Phi) is 3.97. The summed E-state index contributed by atoms with van der Waals surface area (Å²) in [4.78, 5) is 6.57. The van der Waals surface area contributed by atoms with E-state index >= 15 is 0 Å². The molecular weight excluding hydrogens is 260 g/mol. The molecule has 2 N–H and O–H groups in total. The highest BCUT2D eigenvalue weighted by Crippen LogP contribution is 2.29. The number of nitrogens with zero attached hydrogens (tertiary/aromatic N) is 1. The smallest absolute Gasteiger partial charge is 0.180 e. The van der Waals surface area contributed by atoms with E-state index in [4.69, 9.17) is 5.73 Å². The summed E-state index contributed by atoms with van der Waals surface area (Å²) in [6.07, 6.45) is 1.86. The van der Waals surface area contributed by atoms with Gasteiger partial charge in [-0.2, -0.15) is 0 Å². The lowest BCUT2D eigenvalue weighted by Crippen LogP contribution is -2.10. The molecule has 1 aromatic carbocycles. The molecule has 0 fully saturated rings. The minimum absolute atomic E-state index is 0.218. The van der Waals surface area contributed by atoms with Gasteiger partial charge in [-0.1, -0.05) is 32.9 Å². The molecule has 0 amide bonds. The molecular formula is C14H18N2S2. The van der Waals surface area contributed by atoms with Crippen molar-refractivity contribution in [1.82, 2.24) is 4.98 Å². The molecule has 0 saturated heterocycles. The van der Waals surface area contributed by atoms with Crippen molar-refractivity contribution in [1.29, 1.82) is 0 Å². The van der Waals surface area contributed by atoms with E-state index in [-0.39, 0.29) is 5.41 Å². The van der Waals surface area contributed by atoms with Gasteiger partial charge in [-0.3, -0.25) is 0 Å². The topological polar surface area (TPSA) is 38.9 Å². The summed E-state index contributed by atoms with van der Waals surface area (Å²) in [7, 11) is 0. The Morgan fingerprint density at radius 1 is 1.22 bits per heavy atom. The maximum absolute atomic E-state index is 5.61. The molecule has 1 aromatic heterocycles. The van der Waals surface area contributed by atoms with Crippen molar-refractivity contribution >= 4 is 28.2 Å². The van der Waals surface area contributed by atoms with Crippen molar-refractivity contribution in [3.63, 3.8) is 0 Å².